The first-order valence-corrected chi connectivity index (χ1v) is 8.41. The molecule has 2 rings (SSSR count). The predicted molar refractivity (Wildman–Crippen MR) is 84.1 cm³/mol. The molecule has 0 aliphatic heterocycles. The van der Waals surface area contributed by atoms with Crippen molar-refractivity contribution in [1.82, 2.24) is 5.32 Å². The molecule has 0 radical (unpaired) electrons. The summed E-state index contributed by atoms with van der Waals surface area (Å²) in [5.74, 6) is -0.528. The number of sulfonamides is 1. The fourth-order valence-electron chi connectivity index (χ4n) is 1.76. The van der Waals surface area contributed by atoms with E-state index < -0.39 is 15.8 Å². The summed E-state index contributed by atoms with van der Waals surface area (Å²) in [6.07, 6.45) is 0. The molecule has 0 aliphatic rings. The van der Waals surface area contributed by atoms with E-state index in [4.69, 9.17) is 0 Å². The Morgan fingerprint density at radius 2 is 1.81 bits per heavy atom. The first kappa shape index (κ1) is 15.9. The summed E-state index contributed by atoms with van der Waals surface area (Å²) in [6.45, 7) is 0.658. The van der Waals surface area contributed by atoms with Crippen LogP contribution in [0.1, 0.15) is 5.56 Å². The molecular weight excluding hydrogens is 359 g/mol. The van der Waals surface area contributed by atoms with Crippen molar-refractivity contribution >= 4 is 31.6 Å². The van der Waals surface area contributed by atoms with Crippen molar-refractivity contribution in [2.45, 2.75) is 11.4 Å². The van der Waals surface area contributed by atoms with Crippen LogP contribution in [-0.2, 0) is 16.6 Å². The van der Waals surface area contributed by atoms with Gasteiger partial charge < -0.3 is 5.32 Å². The number of rotatable bonds is 5. The Bertz CT molecular complexity index is 733. The molecule has 0 amide bonds. The predicted octanol–water partition coefficient (Wildman–Crippen LogP) is 3.11. The molecule has 0 bridgehead atoms. The Morgan fingerprint density at radius 1 is 1.14 bits per heavy atom. The second-order valence-electron chi connectivity index (χ2n) is 4.41. The highest BCUT2D eigenvalue weighted by Crippen LogP contribution is 2.22. The largest absolute Gasteiger partial charge is 0.316 e. The van der Waals surface area contributed by atoms with Crippen LogP contribution in [0.15, 0.2) is 51.8 Å². The van der Waals surface area contributed by atoms with Crippen LogP contribution in [0.25, 0.3) is 0 Å². The Morgan fingerprint density at radius 3 is 2.38 bits per heavy atom. The summed E-state index contributed by atoms with van der Waals surface area (Å²) >= 11 is 3.02. The molecule has 4 nitrogen and oxygen atoms in total. The Kier molecular flexibility index (Phi) is 4.97. The number of nitrogens with one attached hydrogen (secondary N) is 2. The Balaban J connectivity index is 2.23. The normalized spacial score (nSPS) is 11.4. The molecule has 7 heteroatoms. The summed E-state index contributed by atoms with van der Waals surface area (Å²) in [5.41, 5.74) is 1.15. The molecule has 0 saturated heterocycles. The zero-order chi connectivity index (χ0) is 15.5. The topological polar surface area (TPSA) is 58.2 Å². The quantitative estimate of drug-likeness (QED) is 0.847. The smallest absolute Gasteiger partial charge is 0.261 e. The molecule has 2 N–H and O–H groups in total. The van der Waals surface area contributed by atoms with Gasteiger partial charge in [-0.2, -0.15) is 0 Å². The lowest BCUT2D eigenvalue weighted by atomic mass is 10.2. The highest BCUT2D eigenvalue weighted by molar-refractivity contribution is 9.10. The molecule has 0 heterocycles. The first-order chi connectivity index (χ1) is 9.92. The van der Waals surface area contributed by atoms with Crippen LogP contribution in [0.3, 0.4) is 0 Å². The van der Waals surface area contributed by atoms with Gasteiger partial charge >= 0.3 is 0 Å². The van der Waals surface area contributed by atoms with Crippen LogP contribution >= 0.6 is 15.9 Å². The number of hydrogen-bond acceptors (Lipinski definition) is 3. The van der Waals surface area contributed by atoms with Crippen molar-refractivity contribution < 1.29 is 12.8 Å². The van der Waals surface area contributed by atoms with Crippen molar-refractivity contribution in [2.24, 2.45) is 0 Å². The molecule has 112 valence electrons. The maximum absolute atomic E-state index is 13.4. The van der Waals surface area contributed by atoms with Crippen molar-refractivity contribution in [3.05, 3.63) is 58.3 Å². The second kappa shape index (κ2) is 6.55. The van der Waals surface area contributed by atoms with E-state index in [2.05, 4.69) is 26.0 Å². The monoisotopic (exact) mass is 372 g/mol. The highest BCUT2D eigenvalue weighted by atomic mass is 79.9. The van der Waals surface area contributed by atoms with Crippen molar-refractivity contribution in [3.8, 4) is 0 Å². The number of hydrogen-bond donors (Lipinski definition) is 2. The van der Waals surface area contributed by atoms with Gasteiger partial charge in [0.25, 0.3) is 10.0 Å². The third-order valence-corrected chi connectivity index (χ3v) is 4.83. The standard InChI is InChI=1S/C14H14BrFN2O2S/c1-17-9-10-2-5-12(6-3-10)21(19,20)18-11-4-7-13(15)14(16)8-11/h2-8,17-18H,9H2,1H3. The van der Waals surface area contributed by atoms with E-state index in [1.165, 1.54) is 24.3 Å². The lowest BCUT2D eigenvalue weighted by Gasteiger charge is -2.09. The highest BCUT2D eigenvalue weighted by Gasteiger charge is 2.14. The van der Waals surface area contributed by atoms with Gasteiger partial charge in [-0.1, -0.05) is 12.1 Å². The maximum Gasteiger partial charge on any atom is 0.261 e. The lowest BCUT2D eigenvalue weighted by molar-refractivity contribution is 0.601. The van der Waals surface area contributed by atoms with Gasteiger partial charge in [0.05, 0.1) is 15.1 Å². The number of halogens is 2. The van der Waals surface area contributed by atoms with Crippen molar-refractivity contribution in [2.75, 3.05) is 11.8 Å². The van der Waals surface area contributed by atoms with Gasteiger partial charge in [-0.3, -0.25) is 4.72 Å². The zero-order valence-electron chi connectivity index (χ0n) is 11.2. The summed E-state index contributed by atoms with van der Waals surface area (Å²) in [7, 11) is -1.91. The molecule has 0 unspecified atom stereocenters. The van der Waals surface area contributed by atoms with Crippen LogP contribution in [0.2, 0.25) is 0 Å². The van der Waals surface area contributed by atoms with E-state index in [1.807, 2.05) is 7.05 Å². The summed E-state index contributed by atoms with van der Waals surface area (Å²) in [6, 6.07) is 10.6. The van der Waals surface area contributed by atoms with E-state index in [9.17, 15) is 12.8 Å². The molecule has 0 saturated carbocycles. The lowest BCUT2D eigenvalue weighted by Crippen LogP contribution is -2.13. The molecule has 0 spiro atoms. The molecule has 2 aromatic carbocycles. The first-order valence-electron chi connectivity index (χ1n) is 6.14. The van der Waals surface area contributed by atoms with Gasteiger partial charge in [-0.05, 0) is 58.9 Å². The van der Waals surface area contributed by atoms with E-state index in [0.29, 0.717) is 6.54 Å². The van der Waals surface area contributed by atoms with Crippen LogP contribution in [0, 0.1) is 5.82 Å². The van der Waals surface area contributed by atoms with E-state index in [-0.39, 0.29) is 15.1 Å². The van der Waals surface area contributed by atoms with E-state index >= 15 is 0 Å². The third-order valence-electron chi connectivity index (χ3n) is 2.79. The van der Waals surface area contributed by atoms with Gasteiger partial charge in [-0.25, -0.2) is 12.8 Å². The van der Waals surface area contributed by atoms with E-state index in [0.717, 1.165) is 11.6 Å². The van der Waals surface area contributed by atoms with Crippen molar-refractivity contribution in [3.63, 3.8) is 0 Å². The molecule has 0 aliphatic carbocycles. The minimum Gasteiger partial charge on any atom is -0.316 e. The average molecular weight is 373 g/mol. The summed E-state index contributed by atoms with van der Waals surface area (Å²) in [5, 5.41) is 2.98. The van der Waals surface area contributed by atoms with Crippen LogP contribution in [-0.4, -0.2) is 15.5 Å². The molecule has 0 aromatic heterocycles. The Hall–Kier alpha value is -1.44. The number of benzene rings is 2. The average Bonchev–Trinajstić information content (AvgIpc) is 2.44. The van der Waals surface area contributed by atoms with Gasteiger partial charge in [0.1, 0.15) is 5.82 Å². The van der Waals surface area contributed by atoms with Gasteiger partial charge in [0.2, 0.25) is 0 Å². The third kappa shape index (κ3) is 4.03. The molecule has 0 fully saturated rings. The van der Waals surface area contributed by atoms with Gasteiger partial charge in [-0.15, -0.1) is 0 Å². The van der Waals surface area contributed by atoms with Gasteiger partial charge in [0.15, 0.2) is 0 Å². The molecule has 0 atom stereocenters. The zero-order valence-corrected chi connectivity index (χ0v) is 13.6. The molecular formula is C14H14BrFN2O2S. The van der Waals surface area contributed by atoms with Crippen molar-refractivity contribution in [1.29, 1.82) is 0 Å². The minimum atomic E-state index is -3.73. The Labute approximate surface area is 131 Å². The summed E-state index contributed by atoms with van der Waals surface area (Å²) in [4.78, 5) is 0.130. The fraction of sp³-hybridized carbons (Fsp3) is 0.143. The maximum atomic E-state index is 13.4. The molecule has 2 aromatic rings. The van der Waals surface area contributed by atoms with Crippen LogP contribution < -0.4 is 10.0 Å². The molecule has 21 heavy (non-hydrogen) atoms. The van der Waals surface area contributed by atoms with E-state index in [1.54, 1.807) is 12.1 Å². The van der Waals surface area contributed by atoms with Crippen LogP contribution in [0.5, 0.6) is 0 Å². The second-order valence-corrected chi connectivity index (χ2v) is 6.95. The fourth-order valence-corrected chi connectivity index (χ4v) is 3.06. The van der Waals surface area contributed by atoms with Crippen LogP contribution in [0.4, 0.5) is 10.1 Å². The SMILES string of the molecule is CNCc1ccc(S(=O)(=O)Nc2ccc(Br)c(F)c2)cc1. The summed E-state index contributed by atoms with van der Waals surface area (Å²) < 4.78 is 40.4. The number of anilines is 1. The van der Waals surface area contributed by atoms with Gasteiger partial charge in [0, 0.05) is 6.54 Å². The minimum absolute atomic E-state index is 0.130.